The number of hydrogen-bond donors (Lipinski definition) is 1. The summed E-state index contributed by atoms with van der Waals surface area (Å²) in [5.74, 6) is 1.03. The summed E-state index contributed by atoms with van der Waals surface area (Å²) in [7, 11) is 3.02. The molecule has 0 saturated heterocycles. The molecule has 0 bridgehead atoms. The number of aryl methyl sites for hydroxylation is 1. The highest BCUT2D eigenvalue weighted by atomic mass is 32.2. The highest BCUT2D eigenvalue weighted by Gasteiger charge is 2.14. The minimum atomic E-state index is -0.408. The van der Waals surface area contributed by atoms with Gasteiger partial charge in [-0.1, -0.05) is 23.9 Å². The van der Waals surface area contributed by atoms with E-state index in [1.165, 1.54) is 23.4 Å². The summed E-state index contributed by atoms with van der Waals surface area (Å²) in [6.45, 7) is 0. The highest BCUT2D eigenvalue weighted by molar-refractivity contribution is 7.98. The highest BCUT2D eigenvalue weighted by Crippen LogP contribution is 2.23. The molecule has 0 saturated carbocycles. The largest absolute Gasteiger partial charge is 0.440 e. The van der Waals surface area contributed by atoms with Crippen LogP contribution in [0.25, 0.3) is 22.3 Å². The molecule has 24 heavy (non-hydrogen) atoms. The van der Waals surface area contributed by atoms with E-state index in [0.29, 0.717) is 28.0 Å². The molecule has 1 aromatic carbocycles. The van der Waals surface area contributed by atoms with Crippen molar-refractivity contribution in [2.45, 2.75) is 10.9 Å². The monoisotopic (exact) mass is 343 g/mol. The van der Waals surface area contributed by atoms with Crippen molar-refractivity contribution in [3.05, 3.63) is 51.0 Å². The molecule has 0 amide bonds. The van der Waals surface area contributed by atoms with Crippen molar-refractivity contribution in [3.63, 3.8) is 0 Å². The lowest BCUT2D eigenvalue weighted by Crippen LogP contribution is -2.36. The number of nitrogens with zero attached hydrogens (tertiary/aromatic N) is 4. The second kappa shape index (κ2) is 5.38. The van der Waals surface area contributed by atoms with Gasteiger partial charge in [0.2, 0.25) is 5.89 Å². The van der Waals surface area contributed by atoms with Gasteiger partial charge in [-0.3, -0.25) is 13.9 Å². The molecule has 4 aromatic rings. The van der Waals surface area contributed by atoms with Crippen LogP contribution < -0.4 is 11.2 Å². The Kier molecular flexibility index (Phi) is 3.31. The molecule has 0 aliphatic heterocycles. The van der Waals surface area contributed by atoms with Crippen LogP contribution in [0.3, 0.4) is 0 Å². The fraction of sp³-hybridized carbons (Fsp3) is 0.200. The number of para-hydroxylation sites is 2. The smallest absolute Gasteiger partial charge is 0.332 e. The second-order valence-electron chi connectivity index (χ2n) is 5.31. The Hall–Kier alpha value is -2.81. The summed E-state index contributed by atoms with van der Waals surface area (Å²) in [5, 5.41) is 0.533. The predicted molar refractivity (Wildman–Crippen MR) is 90.1 cm³/mol. The number of fused-ring (bicyclic) bond motifs is 2. The van der Waals surface area contributed by atoms with E-state index in [2.05, 4.69) is 15.0 Å². The van der Waals surface area contributed by atoms with Crippen molar-refractivity contribution in [2.75, 3.05) is 0 Å². The van der Waals surface area contributed by atoms with E-state index >= 15 is 0 Å². The van der Waals surface area contributed by atoms with E-state index < -0.39 is 11.2 Å². The molecule has 3 heterocycles. The maximum absolute atomic E-state index is 12.1. The summed E-state index contributed by atoms with van der Waals surface area (Å²) in [6, 6.07) is 7.53. The molecule has 4 rings (SSSR count). The molecule has 0 atom stereocenters. The zero-order chi connectivity index (χ0) is 16.8. The average Bonchev–Trinajstić information content (AvgIpc) is 3.20. The standard InChI is InChI=1S/C15H13N5O3S/c1-19-12-11(13(21)20(2)15(19)22)17-14(18-12)24-7-10-16-8-5-3-4-6-9(8)23-10/h3-6H,7H2,1-2H3,(H,17,18). The van der Waals surface area contributed by atoms with Crippen molar-refractivity contribution < 1.29 is 4.42 Å². The van der Waals surface area contributed by atoms with E-state index in [4.69, 9.17) is 4.42 Å². The zero-order valence-electron chi connectivity index (χ0n) is 12.9. The Morgan fingerprint density at radius 2 is 1.96 bits per heavy atom. The lowest BCUT2D eigenvalue weighted by atomic mass is 10.3. The zero-order valence-corrected chi connectivity index (χ0v) is 13.8. The number of thioether (sulfide) groups is 1. The minimum Gasteiger partial charge on any atom is -0.440 e. The molecule has 0 spiro atoms. The van der Waals surface area contributed by atoms with Gasteiger partial charge in [0.25, 0.3) is 5.56 Å². The van der Waals surface area contributed by atoms with Gasteiger partial charge in [-0.05, 0) is 12.1 Å². The molecule has 9 heteroatoms. The van der Waals surface area contributed by atoms with Crippen molar-refractivity contribution in [3.8, 4) is 0 Å². The molecule has 0 unspecified atom stereocenters. The van der Waals surface area contributed by atoms with Crippen molar-refractivity contribution in [1.29, 1.82) is 0 Å². The first-order valence-electron chi connectivity index (χ1n) is 7.17. The Morgan fingerprint density at radius 1 is 1.17 bits per heavy atom. The third-order valence-electron chi connectivity index (χ3n) is 3.74. The van der Waals surface area contributed by atoms with Gasteiger partial charge in [0.05, 0.1) is 5.75 Å². The van der Waals surface area contributed by atoms with Gasteiger partial charge in [0.1, 0.15) is 5.52 Å². The van der Waals surface area contributed by atoms with Crippen LogP contribution in [-0.2, 0) is 19.8 Å². The predicted octanol–water partition coefficient (Wildman–Crippen LogP) is 1.39. The number of rotatable bonds is 3. The van der Waals surface area contributed by atoms with Crippen LogP contribution in [0.5, 0.6) is 0 Å². The van der Waals surface area contributed by atoms with E-state index in [-0.39, 0.29) is 0 Å². The quantitative estimate of drug-likeness (QED) is 0.565. The van der Waals surface area contributed by atoms with Crippen LogP contribution >= 0.6 is 11.8 Å². The van der Waals surface area contributed by atoms with E-state index in [1.807, 2.05) is 24.3 Å². The third kappa shape index (κ3) is 2.24. The number of aromatic amines is 1. The van der Waals surface area contributed by atoms with E-state index in [0.717, 1.165) is 15.7 Å². The van der Waals surface area contributed by atoms with Gasteiger partial charge in [-0.25, -0.2) is 14.8 Å². The first-order chi connectivity index (χ1) is 11.5. The van der Waals surface area contributed by atoms with Crippen molar-refractivity contribution in [2.24, 2.45) is 14.1 Å². The number of benzene rings is 1. The maximum Gasteiger partial charge on any atom is 0.332 e. The summed E-state index contributed by atoms with van der Waals surface area (Å²) in [5.41, 5.74) is 1.37. The Morgan fingerprint density at radius 3 is 2.75 bits per heavy atom. The van der Waals surface area contributed by atoms with Gasteiger partial charge in [-0.15, -0.1) is 0 Å². The number of aromatic nitrogens is 5. The van der Waals surface area contributed by atoms with E-state index in [9.17, 15) is 9.59 Å². The Bertz CT molecular complexity index is 1150. The van der Waals surface area contributed by atoms with Crippen LogP contribution in [0.15, 0.2) is 43.4 Å². The van der Waals surface area contributed by atoms with Gasteiger partial charge < -0.3 is 9.40 Å². The second-order valence-corrected chi connectivity index (χ2v) is 6.27. The number of H-pyrrole nitrogens is 1. The summed E-state index contributed by atoms with van der Waals surface area (Å²) in [4.78, 5) is 35.8. The minimum absolute atomic E-state index is 0.305. The fourth-order valence-electron chi connectivity index (χ4n) is 2.48. The molecule has 0 radical (unpaired) electrons. The lowest BCUT2D eigenvalue weighted by molar-refractivity contribution is 0.556. The van der Waals surface area contributed by atoms with Crippen LogP contribution in [0.1, 0.15) is 5.89 Å². The topological polar surface area (TPSA) is 98.7 Å². The summed E-state index contributed by atoms with van der Waals surface area (Å²) in [6.07, 6.45) is 0. The van der Waals surface area contributed by atoms with Crippen LogP contribution in [0.4, 0.5) is 0 Å². The number of hydrogen-bond acceptors (Lipinski definition) is 6. The van der Waals surface area contributed by atoms with Gasteiger partial charge in [-0.2, -0.15) is 0 Å². The average molecular weight is 343 g/mol. The van der Waals surface area contributed by atoms with Gasteiger partial charge in [0.15, 0.2) is 21.9 Å². The Balaban J connectivity index is 1.67. The molecular weight excluding hydrogens is 330 g/mol. The van der Waals surface area contributed by atoms with Gasteiger partial charge in [0, 0.05) is 14.1 Å². The first-order valence-corrected chi connectivity index (χ1v) is 8.16. The number of oxazole rings is 1. The molecule has 0 aliphatic carbocycles. The van der Waals surface area contributed by atoms with Crippen LogP contribution in [0.2, 0.25) is 0 Å². The molecule has 0 fully saturated rings. The molecular formula is C15H13N5O3S. The SMILES string of the molecule is Cn1c(=O)c2[nH]c(SCc3nc4ccccc4o3)nc2n(C)c1=O. The van der Waals surface area contributed by atoms with E-state index in [1.54, 1.807) is 7.05 Å². The van der Waals surface area contributed by atoms with Crippen molar-refractivity contribution in [1.82, 2.24) is 24.1 Å². The summed E-state index contributed by atoms with van der Waals surface area (Å²) >= 11 is 1.36. The number of imidazole rings is 1. The molecule has 0 aliphatic rings. The lowest BCUT2D eigenvalue weighted by Gasteiger charge is -2.00. The Labute approximate surface area is 139 Å². The fourth-order valence-corrected chi connectivity index (χ4v) is 3.19. The third-order valence-corrected chi connectivity index (χ3v) is 4.60. The number of nitrogens with one attached hydrogen (secondary N) is 1. The maximum atomic E-state index is 12.1. The molecule has 3 aromatic heterocycles. The first kappa shape index (κ1) is 14.8. The van der Waals surface area contributed by atoms with Crippen LogP contribution in [0, 0.1) is 0 Å². The summed E-state index contributed by atoms with van der Waals surface area (Å²) < 4.78 is 8.05. The molecule has 8 nitrogen and oxygen atoms in total. The van der Waals surface area contributed by atoms with Crippen LogP contribution in [-0.4, -0.2) is 24.1 Å². The van der Waals surface area contributed by atoms with Gasteiger partial charge >= 0.3 is 5.69 Å². The normalized spacial score (nSPS) is 11.6. The molecule has 122 valence electrons. The van der Waals surface area contributed by atoms with Crippen molar-refractivity contribution >= 4 is 34.0 Å². The molecule has 1 N–H and O–H groups in total.